The van der Waals surface area contributed by atoms with Crippen LogP contribution >= 0.6 is 0 Å². The number of hydrogen-bond donors (Lipinski definition) is 1. The summed E-state index contributed by atoms with van der Waals surface area (Å²) in [4.78, 5) is 12.7. The molecule has 0 spiro atoms. The molecule has 4 bridgehead atoms. The molecule has 23 heavy (non-hydrogen) atoms. The van der Waals surface area contributed by atoms with Crippen LogP contribution < -0.4 is 10.1 Å². The highest BCUT2D eigenvalue weighted by Crippen LogP contribution is 2.55. The molecule has 0 heterocycles. The van der Waals surface area contributed by atoms with Crippen LogP contribution in [0.1, 0.15) is 51.0 Å². The van der Waals surface area contributed by atoms with Crippen molar-refractivity contribution in [3.63, 3.8) is 0 Å². The maximum atomic E-state index is 12.7. The second-order valence-electron chi connectivity index (χ2n) is 8.26. The maximum Gasteiger partial charge on any atom is 0.261 e. The Hall–Kier alpha value is -1.51. The van der Waals surface area contributed by atoms with Crippen LogP contribution in [-0.4, -0.2) is 17.6 Å². The molecule has 3 heteroatoms. The zero-order valence-corrected chi connectivity index (χ0v) is 14.2. The molecule has 0 radical (unpaired) electrons. The predicted octanol–water partition coefficient (Wildman–Crippen LogP) is 3.85. The first kappa shape index (κ1) is 15.0. The second-order valence-corrected chi connectivity index (χ2v) is 8.26. The van der Waals surface area contributed by atoms with E-state index in [4.69, 9.17) is 4.74 Å². The van der Waals surface area contributed by atoms with Crippen LogP contribution in [0.5, 0.6) is 5.75 Å². The van der Waals surface area contributed by atoms with Crippen molar-refractivity contribution in [2.45, 2.75) is 64.0 Å². The first-order valence-electron chi connectivity index (χ1n) is 9.07. The van der Waals surface area contributed by atoms with Gasteiger partial charge < -0.3 is 10.1 Å². The molecule has 4 aliphatic carbocycles. The number of hydrogen-bond acceptors (Lipinski definition) is 2. The Labute approximate surface area is 138 Å². The number of amides is 1. The Morgan fingerprint density at radius 3 is 2.35 bits per heavy atom. The molecule has 1 amide bonds. The fourth-order valence-corrected chi connectivity index (χ4v) is 5.57. The molecule has 4 fully saturated rings. The van der Waals surface area contributed by atoms with E-state index in [0.29, 0.717) is 0 Å². The zero-order chi connectivity index (χ0) is 16.0. The summed E-state index contributed by atoms with van der Waals surface area (Å²) in [6, 6.07) is 7.90. The Bertz CT molecular complexity index is 574. The molecule has 1 N–H and O–H groups in total. The molecule has 3 nitrogen and oxygen atoms in total. The molecule has 1 unspecified atom stereocenters. The highest BCUT2D eigenvalue weighted by molar-refractivity contribution is 5.81. The van der Waals surface area contributed by atoms with E-state index in [2.05, 4.69) is 5.32 Å². The van der Waals surface area contributed by atoms with Crippen LogP contribution in [0.15, 0.2) is 24.3 Å². The van der Waals surface area contributed by atoms with Gasteiger partial charge in [0.05, 0.1) is 0 Å². The van der Waals surface area contributed by atoms with Crippen LogP contribution in [-0.2, 0) is 4.79 Å². The van der Waals surface area contributed by atoms with Gasteiger partial charge in [0, 0.05) is 5.54 Å². The van der Waals surface area contributed by atoms with Crippen LogP contribution in [0.2, 0.25) is 0 Å². The van der Waals surface area contributed by atoms with Gasteiger partial charge in [0.1, 0.15) is 5.75 Å². The topological polar surface area (TPSA) is 38.3 Å². The SMILES string of the molecule is Cc1cccc(OC(C)C(=O)NC23CC4CC(CC(C4)C2)C3)c1. The Kier molecular flexibility index (Phi) is 3.62. The van der Waals surface area contributed by atoms with Crippen molar-refractivity contribution in [1.82, 2.24) is 5.32 Å². The third-order valence-electron chi connectivity index (χ3n) is 6.10. The first-order valence-corrected chi connectivity index (χ1v) is 9.07. The van der Waals surface area contributed by atoms with Gasteiger partial charge in [0.25, 0.3) is 5.91 Å². The molecular formula is C20H27NO2. The Balaban J connectivity index is 1.41. The molecular weight excluding hydrogens is 286 g/mol. The van der Waals surface area contributed by atoms with Gasteiger partial charge in [0.2, 0.25) is 0 Å². The molecule has 1 aromatic carbocycles. The van der Waals surface area contributed by atoms with Gasteiger partial charge in [-0.05, 0) is 87.8 Å². The largest absolute Gasteiger partial charge is 0.481 e. The van der Waals surface area contributed by atoms with E-state index in [9.17, 15) is 4.79 Å². The van der Waals surface area contributed by atoms with Gasteiger partial charge in [-0.2, -0.15) is 0 Å². The fourth-order valence-electron chi connectivity index (χ4n) is 5.57. The number of ether oxygens (including phenoxy) is 1. The van der Waals surface area contributed by atoms with E-state index in [1.165, 1.54) is 38.5 Å². The lowest BCUT2D eigenvalue weighted by atomic mass is 9.53. The van der Waals surface area contributed by atoms with Gasteiger partial charge >= 0.3 is 0 Å². The summed E-state index contributed by atoms with van der Waals surface area (Å²) in [5, 5.41) is 3.40. The van der Waals surface area contributed by atoms with Crippen molar-refractivity contribution >= 4 is 5.91 Å². The monoisotopic (exact) mass is 313 g/mol. The smallest absolute Gasteiger partial charge is 0.261 e. The third kappa shape index (κ3) is 2.98. The van der Waals surface area contributed by atoms with Gasteiger partial charge in [-0.25, -0.2) is 0 Å². The van der Waals surface area contributed by atoms with Crippen molar-refractivity contribution in [1.29, 1.82) is 0 Å². The van der Waals surface area contributed by atoms with Crippen molar-refractivity contribution in [2.24, 2.45) is 17.8 Å². The lowest BCUT2D eigenvalue weighted by Crippen LogP contribution is -2.61. The molecule has 4 saturated carbocycles. The highest BCUT2D eigenvalue weighted by atomic mass is 16.5. The fraction of sp³-hybridized carbons (Fsp3) is 0.650. The van der Waals surface area contributed by atoms with Crippen LogP contribution in [0.25, 0.3) is 0 Å². The maximum absolute atomic E-state index is 12.7. The summed E-state index contributed by atoms with van der Waals surface area (Å²) >= 11 is 0. The number of rotatable bonds is 4. The molecule has 124 valence electrons. The number of nitrogens with one attached hydrogen (secondary N) is 1. The van der Waals surface area contributed by atoms with Crippen LogP contribution in [0, 0.1) is 24.7 Å². The number of carbonyl (C=O) groups is 1. The summed E-state index contributed by atoms with van der Waals surface area (Å²) in [5.74, 6) is 3.35. The minimum atomic E-state index is -0.440. The minimum Gasteiger partial charge on any atom is -0.481 e. The van der Waals surface area contributed by atoms with E-state index >= 15 is 0 Å². The number of carbonyl (C=O) groups excluding carboxylic acids is 1. The summed E-state index contributed by atoms with van der Waals surface area (Å²) in [6.45, 7) is 3.89. The van der Waals surface area contributed by atoms with E-state index in [-0.39, 0.29) is 11.4 Å². The van der Waals surface area contributed by atoms with Gasteiger partial charge in [-0.3, -0.25) is 4.79 Å². The van der Waals surface area contributed by atoms with E-state index in [1.807, 2.05) is 38.1 Å². The minimum absolute atomic E-state index is 0.0495. The van der Waals surface area contributed by atoms with E-state index < -0.39 is 6.10 Å². The van der Waals surface area contributed by atoms with Crippen molar-refractivity contribution in [3.05, 3.63) is 29.8 Å². The normalized spacial score (nSPS) is 35.8. The molecule has 1 aromatic rings. The van der Waals surface area contributed by atoms with E-state index in [0.717, 1.165) is 29.1 Å². The second kappa shape index (κ2) is 5.54. The van der Waals surface area contributed by atoms with Crippen molar-refractivity contribution in [3.8, 4) is 5.75 Å². The predicted molar refractivity (Wildman–Crippen MR) is 90.3 cm³/mol. The average Bonchev–Trinajstić information content (AvgIpc) is 2.45. The number of benzene rings is 1. The van der Waals surface area contributed by atoms with Gasteiger partial charge in [0.15, 0.2) is 6.10 Å². The third-order valence-corrected chi connectivity index (χ3v) is 6.10. The summed E-state index contributed by atoms with van der Waals surface area (Å²) < 4.78 is 5.86. The van der Waals surface area contributed by atoms with Crippen LogP contribution in [0.4, 0.5) is 0 Å². The first-order chi connectivity index (χ1) is 11.0. The Morgan fingerprint density at radius 1 is 1.17 bits per heavy atom. The average molecular weight is 313 g/mol. The summed E-state index contributed by atoms with van der Waals surface area (Å²) in [7, 11) is 0. The zero-order valence-electron chi connectivity index (χ0n) is 14.2. The molecule has 0 saturated heterocycles. The summed E-state index contributed by atoms with van der Waals surface area (Å²) in [5.41, 5.74) is 1.21. The summed E-state index contributed by atoms with van der Waals surface area (Å²) in [6.07, 6.45) is 7.29. The highest BCUT2D eigenvalue weighted by Gasteiger charge is 2.51. The standard InChI is InChI=1S/C20H27NO2/c1-13-4-3-5-18(6-13)23-14(2)19(22)21-20-10-15-7-16(11-20)9-17(8-15)12-20/h3-6,14-17H,7-12H2,1-2H3,(H,21,22). The quantitative estimate of drug-likeness (QED) is 0.917. The molecule has 1 atom stereocenters. The lowest BCUT2D eigenvalue weighted by molar-refractivity contribution is -0.133. The van der Waals surface area contributed by atoms with Gasteiger partial charge in [-0.1, -0.05) is 12.1 Å². The Morgan fingerprint density at radius 2 is 1.78 bits per heavy atom. The molecule has 4 aliphatic rings. The van der Waals surface area contributed by atoms with Crippen LogP contribution in [0.3, 0.4) is 0 Å². The van der Waals surface area contributed by atoms with Gasteiger partial charge in [-0.15, -0.1) is 0 Å². The lowest BCUT2D eigenvalue weighted by Gasteiger charge is -2.57. The molecule has 0 aliphatic heterocycles. The molecule has 0 aromatic heterocycles. The molecule has 5 rings (SSSR count). The number of aryl methyl sites for hydroxylation is 1. The van der Waals surface area contributed by atoms with Crippen molar-refractivity contribution in [2.75, 3.05) is 0 Å². The van der Waals surface area contributed by atoms with E-state index in [1.54, 1.807) is 0 Å². The van der Waals surface area contributed by atoms with Crippen molar-refractivity contribution < 1.29 is 9.53 Å².